The van der Waals surface area contributed by atoms with E-state index in [-0.39, 0.29) is 16.4 Å². The Morgan fingerprint density at radius 2 is 2.11 bits per heavy atom. The average molecular weight is 329 g/mol. The van der Waals surface area contributed by atoms with Crippen LogP contribution in [0.4, 0.5) is 11.4 Å². The highest BCUT2D eigenvalue weighted by molar-refractivity contribution is 9.10. The number of halogens is 2. The van der Waals surface area contributed by atoms with Gasteiger partial charge in [0.2, 0.25) is 5.71 Å². The number of nitrogens with one attached hydrogen (secondary N) is 1. The minimum Gasteiger partial charge on any atom is -0.274 e. The minimum absolute atomic E-state index is 0.0371. The first-order chi connectivity index (χ1) is 8.49. The van der Waals surface area contributed by atoms with Crippen molar-refractivity contribution in [2.24, 2.45) is 5.10 Å². The summed E-state index contributed by atoms with van der Waals surface area (Å²) in [5, 5.41) is 31.1. The lowest BCUT2D eigenvalue weighted by molar-refractivity contribution is -0.384. The van der Waals surface area contributed by atoms with Gasteiger partial charge in [-0.15, -0.1) is 0 Å². The second-order valence-electron chi connectivity index (χ2n) is 2.84. The van der Waals surface area contributed by atoms with E-state index < -0.39 is 10.6 Å². The maximum absolute atomic E-state index is 10.6. The maximum Gasteiger partial charge on any atom is 0.272 e. The summed E-state index contributed by atoms with van der Waals surface area (Å²) in [5.74, 6) is 0. The van der Waals surface area contributed by atoms with Crippen molar-refractivity contribution in [3.8, 4) is 12.1 Å². The molecule has 0 bridgehead atoms. The maximum atomic E-state index is 10.6. The Kier molecular flexibility index (Phi) is 4.60. The highest BCUT2D eigenvalue weighted by Gasteiger charge is 2.14. The number of rotatable bonds is 3. The van der Waals surface area contributed by atoms with E-state index in [9.17, 15) is 10.1 Å². The zero-order valence-corrected chi connectivity index (χ0v) is 10.9. The van der Waals surface area contributed by atoms with Gasteiger partial charge in [-0.25, -0.2) is 0 Å². The van der Waals surface area contributed by atoms with Gasteiger partial charge in [0.25, 0.3) is 5.69 Å². The van der Waals surface area contributed by atoms with Crippen LogP contribution < -0.4 is 5.43 Å². The molecule has 18 heavy (non-hydrogen) atoms. The first kappa shape index (κ1) is 13.9. The van der Waals surface area contributed by atoms with Crippen molar-refractivity contribution in [1.29, 1.82) is 10.5 Å². The Morgan fingerprint density at radius 3 is 2.56 bits per heavy atom. The summed E-state index contributed by atoms with van der Waals surface area (Å²) in [6.07, 6.45) is 0. The summed E-state index contributed by atoms with van der Waals surface area (Å²) in [7, 11) is 0. The molecule has 0 atom stereocenters. The van der Waals surface area contributed by atoms with Gasteiger partial charge >= 0.3 is 0 Å². The Hall–Kier alpha value is -2.16. The van der Waals surface area contributed by atoms with Gasteiger partial charge in [0.15, 0.2) is 0 Å². The molecule has 7 nitrogen and oxygen atoms in total. The number of nitro benzene ring substituents is 1. The Morgan fingerprint density at radius 1 is 1.50 bits per heavy atom. The molecule has 0 saturated heterocycles. The van der Waals surface area contributed by atoms with Crippen molar-refractivity contribution in [2.45, 2.75) is 0 Å². The van der Waals surface area contributed by atoms with Crippen LogP contribution in [-0.2, 0) is 0 Å². The molecule has 0 amide bonds. The third-order valence-corrected chi connectivity index (χ3v) is 2.65. The lowest BCUT2D eigenvalue weighted by atomic mass is 10.3. The van der Waals surface area contributed by atoms with E-state index in [1.807, 2.05) is 0 Å². The molecule has 0 heterocycles. The van der Waals surface area contributed by atoms with Crippen LogP contribution in [0.5, 0.6) is 0 Å². The van der Waals surface area contributed by atoms with E-state index in [0.717, 1.165) is 6.07 Å². The van der Waals surface area contributed by atoms with Gasteiger partial charge in [0.05, 0.1) is 20.1 Å². The summed E-state index contributed by atoms with van der Waals surface area (Å²) < 4.78 is 0.292. The summed E-state index contributed by atoms with van der Waals surface area (Å²) in [5.41, 5.74) is 2.03. The van der Waals surface area contributed by atoms with Gasteiger partial charge in [-0.05, 0) is 15.9 Å². The van der Waals surface area contributed by atoms with E-state index in [4.69, 9.17) is 22.1 Å². The number of nitro groups is 1. The van der Waals surface area contributed by atoms with Gasteiger partial charge in [-0.3, -0.25) is 15.5 Å². The molecule has 0 fully saturated rings. The van der Waals surface area contributed by atoms with Crippen molar-refractivity contribution in [1.82, 2.24) is 0 Å². The highest BCUT2D eigenvalue weighted by Crippen LogP contribution is 2.34. The molecule has 0 radical (unpaired) electrons. The highest BCUT2D eigenvalue weighted by atomic mass is 79.9. The Labute approximate surface area is 115 Å². The molecule has 1 rings (SSSR count). The predicted molar refractivity (Wildman–Crippen MR) is 68.1 cm³/mol. The molecule has 1 aromatic rings. The number of non-ortho nitro benzene ring substituents is 1. The summed E-state index contributed by atoms with van der Waals surface area (Å²) in [6.45, 7) is 0. The molecule has 0 aromatic heterocycles. The van der Waals surface area contributed by atoms with E-state index >= 15 is 0 Å². The number of hydrogen-bond acceptors (Lipinski definition) is 6. The summed E-state index contributed by atoms with van der Waals surface area (Å²) in [6, 6.07) is 5.45. The van der Waals surface area contributed by atoms with Crippen LogP contribution in [0.3, 0.4) is 0 Å². The molecule has 0 aliphatic heterocycles. The second-order valence-corrected chi connectivity index (χ2v) is 4.10. The van der Waals surface area contributed by atoms with Crippen molar-refractivity contribution in [3.05, 3.63) is 31.7 Å². The third kappa shape index (κ3) is 3.17. The van der Waals surface area contributed by atoms with Gasteiger partial charge < -0.3 is 0 Å². The molecule has 0 spiro atoms. The van der Waals surface area contributed by atoms with E-state index in [1.54, 1.807) is 12.1 Å². The number of nitriles is 2. The molecule has 1 aromatic carbocycles. The Balaban J connectivity index is 3.14. The minimum atomic E-state index is -0.598. The molecule has 9 heteroatoms. The number of hydrazone groups is 1. The zero-order valence-electron chi connectivity index (χ0n) is 8.52. The fraction of sp³-hybridized carbons (Fsp3) is 0. The van der Waals surface area contributed by atoms with Crippen molar-refractivity contribution >= 4 is 44.6 Å². The van der Waals surface area contributed by atoms with Gasteiger partial charge in [-0.1, -0.05) is 11.6 Å². The van der Waals surface area contributed by atoms with Crippen molar-refractivity contribution < 1.29 is 4.92 Å². The predicted octanol–water partition coefficient (Wildman–Crippen LogP) is 2.83. The zero-order chi connectivity index (χ0) is 13.7. The summed E-state index contributed by atoms with van der Waals surface area (Å²) >= 11 is 8.89. The quantitative estimate of drug-likeness (QED) is 0.520. The standard InChI is InChI=1S/C9H3BrClN5O2/c10-7-1-6(16(17)18)2-8(11)9(7)15-14-5(3-12)4-13/h1-2,15H. The van der Waals surface area contributed by atoms with Crippen LogP contribution in [-0.4, -0.2) is 10.6 Å². The first-order valence-corrected chi connectivity index (χ1v) is 5.44. The summed E-state index contributed by atoms with van der Waals surface area (Å²) in [4.78, 5) is 9.97. The third-order valence-electron chi connectivity index (χ3n) is 1.73. The lowest BCUT2D eigenvalue weighted by Crippen LogP contribution is -1.98. The molecular weight excluding hydrogens is 325 g/mol. The normalized spacial score (nSPS) is 8.89. The fourth-order valence-electron chi connectivity index (χ4n) is 0.959. The smallest absolute Gasteiger partial charge is 0.272 e. The van der Waals surface area contributed by atoms with E-state index in [2.05, 4.69) is 26.5 Å². The van der Waals surface area contributed by atoms with Crippen LogP contribution in [0.1, 0.15) is 0 Å². The molecule has 0 unspecified atom stereocenters. The second kappa shape index (κ2) is 5.96. The van der Waals surface area contributed by atoms with E-state index in [0.29, 0.717) is 4.47 Å². The van der Waals surface area contributed by atoms with Gasteiger partial charge in [0.1, 0.15) is 12.1 Å². The topological polar surface area (TPSA) is 115 Å². The molecular formula is C9H3BrClN5O2. The van der Waals surface area contributed by atoms with Crippen molar-refractivity contribution in [3.63, 3.8) is 0 Å². The first-order valence-electron chi connectivity index (χ1n) is 4.27. The van der Waals surface area contributed by atoms with Crippen LogP contribution in [0.2, 0.25) is 5.02 Å². The number of anilines is 1. The van der Waals surface area contributed by atoms with Crippen LogP contribution in [0.15, 0.2) is 21.7 Å². The Bertz CT molecular complexity index is 577. The van der Waals surface area contributed by atoms with Gasteiger partial charge in [-0.2, -0.15) is 15.6 Å². The largest absolute Gasteiger partial charge is 0.274 e. The van der Waals surface area contributed by atoms with Crippen molar-refractivity contribution in [2.75, 3.05) is 5.43 Å². The lowest BCUT2D eigenvalue weighted by Gasteiger charge is -2.05. The number of hydrogen-bond donors (Lipinski definition) is 1. The van der Waals surface area contributed by atoms with Crippen LogP contribution in [0.25, 0.3) is 0 Å². The monoisotopic (exact) mass is 327 g/mol. The molecule has 90 valence electrons. The van der Waals surface area contributed by atoms with Crippen LogP contribution in [0, 0.1) is 32.8 Å². The molecule has 0 aliphatic rings. The number of benzene rings is 1. The fourth-order valence-corrected chi connectivity index (χ4v) is 1.87. The molecule has 1 N–H and O–H groups in total. The van der Waals surface area contributed by atoms with Crippen LogP contribution >= 0.6 is 27.5 Å². The molecule has 0 saturated carbocycles. The number of nitrogens with zero attached hydrogens (tertiary/aromatic N) is 4. The SMILES string of the molecule is N#CC(C#N)=NNc1c(Cl)cc([N+](=O)[O-])cc1Br. The molecule has 0 aliphatic carbocycles. The average Bonchev–Trinajstić information content (AvgIpc) is 2.32. The van der Waals surface area contributed by atoms with E-state index in [1.165, 1.54) is 6.07 Å². The van der Waals surface area contributed by atoms with Gasteiger partial charge in [0, 0.05) is 12.1 Å².